The molecule has 15 heavy (non-hydrogen) atoms. The second-order valence-corrected chi connectivity index (χ2v) is 4.79. The Bertz CT molecular complexity index is 379. The second-order valence-electron chi connectivity index (χ2n) is 4.35. The van der Waals surface area contributed by atoms with Gasteiger partial charge in [-0.1, -0.05) is 23.9 Å². The van der Waals surface area contributed by atoms with E-state index in [0.29, 0.717) is 16.9 Å². The van der Waals surface area contributed by atoms with Crippen LogP contribution in [0.5, 0.6) is 0 Å². The van der Waals surface area contributed by atoms with E-state index in [2.05, 4.69) is 24.2 Å². The molecule has 0 aliphatic heterocycles. The molecule has 1 fully saturated rings. The van der Waals surface area contributed by atoms with Crippen LogP contribution in [0.1, 0.15) is 56.5 Å². The van der Waals surface area contributed by atoms with E-state index in [0.717, 1.165) is 11.4 Å². The van der Waals surface area contributed by atoms with Gasteiger partial charge in [0.15, 0.2) is 0 Å². The lowest BCUT2D eigenvalue weighted by Crippen LogP contribution is -2.21. The molecule has 2 N–H and O–H groups in total. The maximum Gasteiger partial charge on any atom is 0.143 e. The summed E-state index contributed by atoms with van der Waals surface area (Å²) in [5.74, 6) is 0.555. The Balaban J connectivity index is 2.43. The fourth-order valence-electron chi connectivity index (χ4n) is 1.92. The van der Waals surface area contributed by atoms with Crippen LogP contribution in [0.3, 0.4) is 0 Å². The molecule has 0 bridgehead atoms. The third-order valence-electron chi connectivity index (χ3n) is 2.94. The maximum atomic E-state index is 5.66. The van der Waals surface area contributed by atoms with E-state index in [-0.39, 0.29) is 0 Å². The van der Waals surface area contributed by atoms with Crippen LogP contribution in [0.15, 0.2) is 0 Å². The third kappa shape index (κ3) is 1.76. The van der Waals surface area contributed by atoms with Crippen molar-refractivity contribution in [1.82, 2.24) is 15.0 Å². The minimum Gasteiger partial charge on any atom is -0.388 e. The van der Waals surface area contributed by atoms with Crippen molar-refractivity contribution in [3.63, 3.8) is 0 Å². The first-order valence-electron chi connectivity index (χ1n) is 5.36. The van der Waals surface area contributed by atoms with Crippen LogP contribution in [0.25, 0.3) is 0 Å². The molecule has 4 nitrogen and oxygen atoms in total. The quantitative estimate of drug-likeness (QED) is 0.795. The molecule has 2 rings (SSSR count). The normalized spacial score (nSPS) is 16.7. The number of hydrogen-bond acceptors (Lipinski definition) is 3. The van der Waals surface area contributed by atoms with Crippen LogP contribution in [-0.4, -0.2) is 20.0 Å². The van der Waals surface area contributed by atoms with Crippen molar-refractivity contribution in [3.05, 3.63) is 11.4 Å². The van der Waals surface area contributed by atoms with Crippen LogP contribution in [-0.2, 0) is 0 Å². The first-order chi connectivity index (χ1) is 7.11. The molecule has 1 aliphatic rings. The van der Waals surface area contributed by atoms with Crippen molar-refractivity contribution in [2.45, 2.75) is 45.1 Å². The molecule has 0 atom stereocenters. The van der Waals surface area contributed by atoms with Gasteiger partial charge in [-0.3, -0.25) is 0 Å². The molecule has 0 saturated heterocycles. The molecular formula is C10H16N4S. The van der Waals surface area contributed by atoms with E-state index in [9.17, 15) is 0 Å². The largest absolute Gasteiger partial charge is 0.388 e. The summed E-state index contributed by atoms with van der Waals surface area (Å²) in [6.07, 6.45) is 3.69. The molecule has 0 radical (unpaired) electrons. The highest BCUT2D eigenvalue weighted by Crippen LogP contribution is 2.38. The van der Waals surface area contributed by atoms with Gasteiger partial charge in [0.2, 0.25) is 0 Å². The highest BCUT2D eigenvalue weighted by molar-refractivity contribution is 7.80. The minimum atomic E-state index is 0.316. The topological polar surface area (TPSA) is 56.7 Å². The van der Waals surface area contributed by atoms with E-state index in [4.69, 9.17) is 18.0 Å². The summed E-state index contributed by atoms with van der Waals surface area (Å²) in [4.78, 5) is 0.365. The molecule has 0 spiro atoms. The van der Waals surface area contributed by atoms with Gasteiger partial charge in [0, 0.05) is 12.0 Å². The molecule has 1 aromatic rings. The number of nitrogens with two attached hydrogens (primary N) is 1. The van der Waals surface area contributed by atoms with E-state index in [1.54, 1.807) is 0 Å². The monoisotopic (exact) mass is 224 g/mol. The number of hydrogen-bond donors (Lipinski definition) is 1. The van der Waals surface area contributed by atoms with Gasteiger partial charge in [-0.05, 0) is 26.7 Å². The molecular weight excluding hydrogens is 208 g/mol. The zero-order valence-corrected chi connectivity index (χ0v) is 9.92. The number of aromatic nitrogens is 3. The molecule has 82 valence electrons. The summed E-state index contributed by atoms with van der Waals surface area (Å²) in [7, 11) is 0. The third-order valence-corrected chi connectivity index (χ3v) is 3.14. The lowest BCUT2D eigenvalue weighted by atomic mass is 9.82. The van der Waals surface area contributed by atoms with Crippen molar-refractivity contribution in [2.75, 3.05) is 0 Å². The van der Waals surface area contributed by atoms with Gasteiger partial charge in [-0.2, -0.15) is 0 Å². The van der Waals surface area contributed by atoms with Crippen molar-refractivity contribution in [2.24, 2.45) is 5.73 Å². The van der Waals surface area contributed by atoms with Gasteiger partial charge >= 0.3 is 0 Å². The average molecular weight is 224 g/mol. The van der Waals surface area contributed by atoms with Crippen molar-refractivity contribution < 1.29 is 0 Å². The zero-order valence-electron chi connectivity index (χ0n) is 9.10. The van der Waals surface area contributed by atoms with Gasteiger partial charge in [-0.15, -0.1) is 5.10 Å². The summed E-state index contributed by atoms with van der Waals surface area (Å²) in [5.41, 5.74) is 7.53. The minimum absolute atomic E-state index is 0.316. The van der Waals surface area contributed by atoms with Crippen LogP contribution < -0.4 is 5.73 Å². The molecule has 5 heteroatoms. The molecule has 1 saturated carbocycles. The summed E-state index contributed by atoms with van der Waals surface area (Å²) in [6, 6.07) is 0.316. The lowest BCUT2D eigenvalue weighted by molar-refractivity contribution is 0.374. The Kier molecular flexibility index (Phi) is 2.73. The molecule has 0 unspecified atom stereocenters. The summed E-state index contributed by atoms with van der Waals surface area (Å²) < 4.78 is 1.96. The Morgan fingerprint density at radius 1 is 1.53 bits per heavy atom. The Hall–Kier alpha value is -0.970. The summed E-state index contributed by atoms with van der Waals surface area (Å²) in [5, 5.41) is 8.23. The Labute approximate surface area is 94.8 Å². The fraction of sp³-hybridized carbons (Fsp3) is 0.700. The Morgan fingerprint density at radius 2 is 2.20 bits per heavy atom. The smallest absolute Gasteiger partial charge is 0.143 e. The Morgan fingerprint density at radius 3 is 2.60 bits per heavy atom. The van der Waals surface area contributed by atoms with Crippen molar-refractivity contribution in [3.8, 4) is 0 Å². The summed E-state index contributed by atoms with van der Waals surface area (Å²) in [6.45, 7) is 4.19. The van der Waals surface area contributed by atoms with Gasteiger partial charge in [0.25, 0.3) is 0 Å². The van der Waals surface area contributed by atoms with Crippen LogP contribution in [0, 0.1) is 0 Å². The average Bonchev–Trinajstić information content (AvgIpc) is 2.45. The van der Waals surface area contributed by atoms with E-state index < -0.39 is 0 Å². The van der Waals surface area contributed by atoms with Gasteiger partial charge in [0.1, 0.15) is 10.7 Å². The molecule has 1 aliphatic carbocycles. The lowest BCUT2D eigenvalue weighted by Gasteiger charge is -2.27. The van der Waals surface area contributed by atoms with Crippen molar-refractivity contribution in [1.29, 1.82) is 0 Å². The van der Waals surface area contributed by atoms with E-state index in [1.807, 2.05) is 4.68 Å². The van der Waals surface area contributed by atoms with Gasteiger partial charge in [0.05, 0.1) is 5.69 Å². The fourth-order valence-corrected chi connectivity index (χ4v) is 2.07. The van der Waals surface area contributed by atoms with Crippen LogP contribution >= 0.6 is 12.2 Å². The predicted octanol–water partition coefficient (Wildman–Crippen LogP) is 1.76. The first-order valence-corrected chi connectivity index (χ1v) is 5.77. The maximum absolute atomic E-state index is 5.66. The highest BCUT2D eigenvalue weighted by atomic mass is 32.1. The summed E-state index contributed by atoms with van der Waals surface area (Å²) >= 11 is 5.00. The molecule has 0 amide bonds. The standard InChI is InChI=1S/C10H16N4S/c1-6(2)14-9(7-4-3-5-7)8(10(11)15)12-13-14/h6-7H,3-5H2,1-2H3,(H2,11,15). The van der Waals surface area contributed by atoms with Crippen LogP contribution in [0.4, 0.5) is 0 Å². The molecule has 0 aromatic carbocycles. The van der Waals surface area contributed by atoms with Crippen LogP contribution in [0.2, 0.25) is 0 Å². The first kappa shape index (κ1) is 10.5. The number of nitrogens with zero attached hydrogens (tertiary/aromatic N) is 3. The highest BCUT2D eigenvalue weighted by Gasteiger charge is 2.29. The predicted molar refractivity (Wildman–Crippen MR) is 62.9 cm³/mol. The van der Waals surface area contributed by atoms with E-state index >= 15 is 0 Å². The van der Waals surface area contributed by atoms with Gasteiger partial charge < -0.3 is 5.73 Å². The zero-order chi connectivity index (χ0) is 11.0. The second kappa shape index (κ2) is 3.89. The number of rotatable bonds is 3. The SMILES string of the molecule is CC(C)n1nnc(C(N)=S)c1C1CCC1. The molecule has 1 aromatic heterocycles. The molecule has 1 heterocycles. The van der Waals surface area contributed by atoms with Gasteiger partial charge in [-0.25, -0.2) is 4.68 Å². The van der Waals surface area contributed by atoms with Crippen molar-refractivity contribution >= 4 is 17.2 Å². The van der Waals surface area contributed by atoms with E-state index in [1.165, 1.54) is 19.3 Å². The number of thiocarbonyl (C=S) groups is 1.